The van der Waals surface area contributed by atoms with Crippen molar-refractivity contribution >= 4 is 23.2 Å². The molecule has 2 heterocycles. The van der Waals surface area contributed by atoms with E-state index in [1.54, 1.807) is 6.20 Å². The van der Waals surface area contributed by atoms with Crippen LogP contribution in [0.5, 0.6) is 0 Å². The number of aromatic nitrogens is 2. The van der Waals surface area contributed by atoms with Crippen molar-refractivity contribution in [2.45, 2.75) is 0 Å². The summed E-state index contributed by atoms with van der Waals surface area (Å²) in [4.78, 5) is 11.1. The molecule has 2 aromatic rings. The number of hydrogen-bond acceptors (Lipinski definition) is 8. The Morgan fingerprint density at radius 2 is 1.92 bits per heavy atom. The molecule has 3 rings (SSSR count). The van der Waals surface area contributed by atoms with Gasteiger partial charge in [-0.25, -0.2) is 4.98 Å². The molecule has 1 aliphatic rings. The SMILES string of the molecule is N/C=C(\NN)c1ccc(Nc2ccnc(N3CCNCC3)n2)cc1. The maximum Gasteiger partial charge on any atom is 0.227 e. The number of piperazine rings is 1. The van der Waals surface area contributed by atoms with E-state index in [1.807, 2.05) is 30.3 Å². The second kappa shape index (κ2) is 7.62. The lowest BCUT2D eigenvalue weighted by Gasteiger charge is -2.27. The first-order valence-corrected chi connectivity index (χ1v) is 7.85. The van der Waals surface area contributed by atoms with E-state index in [9.17, 15) is 0 Å². The monoisotopic (exact) mass is 326 g/mol. The molecule has 0 atom stereocenters. The molecule has 1 fully saturated rings. The summed E-state index contributed by atoms with van der Waals surface area (Å²) in [5.41, 5.74) is 10.6. The Hall–Kier alpha value is -2.84. The predicted molar refractivity (Wildman–Crippen MR) is 96.3 cm³/mol. The van der Waals surface area contributed by atoms with Crippen LogP contribution in [0.15, 0.2) is 42.7 Å². The lowest BCUT2D eigenvalue weighted by atomic mass is 10.1. The highest BCUT2D eigenvalue weighted by atomic mass is 15.3. The van der Waals surface area contributed by atoms with Gasteiger partial charge in [0.05, 0.1) is 5.70 Å². The summed E-state index contributed by atoms with van der Waals surface area (Å²) in [6.07, 6.45) is 3.21. The molecule has 126 valence electrons. The van der Waals surface area contributed by atoms with E-state index >= 15 is 0 Å². The van der Waals surface area contributed by atoms with Crippen LogP contribution < -0.4 is 32.5 Å². The number of nitrogens with zero attached hydrogens (tertiary/aromatic N) is 3. The summed E-state index contributed by atoms with van der Waals surface area (Å²) in [5, 5.41) is 6.61. The molecule has 24 heavy (non-hydrogen) atoms. The molecular weight excluding hydrogens is 304 g/mol. The molecule has 1 saturated heterocycles. The van der Waals surface area contributed by atoms with Crippen LogP contribution in [-0.4, -0.2) is 36.1 Å². The van der Waals surface area contributed by atoms with Crippen LogP contribution in [0, 0.1) is 0 Å². The summed E-state index contributed by atoms with van der Waals surface area (Å²) in [7, 11) is 0. The molecule has 0 saturated carbocycles. The van der Waals surface area contributed by atoms with Gasteiger partial charge in [-0.2, -0.15) is 4.98 Å². The van der Waals surface area contributed by atoms with E-state index in [2.05, 4.69) is 30.9 Å². The molecule has 0 bridgehead atoms. The van der Waals surface area contributed by atoms with Gasteiger partial charge in [0, 0.05) is 49.8 Å². The van der Waals surface area contributed by atoms with E-state index in [1.165, 1.54) is 6.20 Å². The largest absolute Gasteiger partial charge is 0.403 e. The van der Waals surface area contributed by atoms with Crippen LogP contribution in [0.25, 0.3) is 5.70 Å². The van der Waals surface area contributed by atoms with Gasteiger partial charge in [0.25, 0.3) is 0 Å². The van der Waals surface area contributed by atoms with Crippen LogP contribution in [0.2, 0.25) is 0 Å². The zero-order valence-electron chi connectivity index (χ0n) is 13.4. The van der Waals surface area contributed by atoms with Crippen LogP contribution >= 0.6 is 0 Å². The average Bonchev–Trinajstić information content (AvgIpc) is 2.65. The fourth-order valence-electron chi connectivity index (χ4n) is 2.54. The molecule has 1 aliphatic heterocycles. The second-order valence-electron chi connectivity index (χ2n) is 5.41. The molecule has 8 nitrogen and oxygen atoms in total. The highest BCUT2D eigenvalue weighted by Gasteiger charge is 2.13. The van der Waals surface area contributed by atoms with Crippen molar-refractivity contribution in [2.75, 3.05) is 36.4 Å². The Bertz CT molecular complexity index is 691. The van der Waals surface area contributed by atoms with Crippen molar-refractivity contribution < 1.29 is 0 Å². The van der Waals surface area contributed by atoms with Crippen LogP contribution in [0.3, 0.4) is 0 Å². The molecule has 0 aliphatic carbocycles. The van der Waals surface area contributed by atoms with E-state index in [-0.39, 0.29) is 0 Å². The van der Waals surface area contributed by atoms with Gasteiger partial charge >= 0.3 is 0 Å². The number of benzene rings is 1. The van der Waals surface area contributed by atoms with E-state index < -0.39 is 0 Å². The summed E-state index contributed by atoms with van der Waals surface area (Å²) < 4.78 is 0. The Kier molecular flexibility index (Phi) is 5.09. The van der Waals surface area contributed by atoms with Crippen molar-refractivity contribution in [1.29, 1.82) is 0 Å². The normalized spacial score (nSPS) is 15.2. The van der Waals surface area contributed by atoms with Crippen molar-refractivity contribution in [1.82, 2.24) is 20.7 Å². The minimum Gasteiger partial charge on any atom is -0.403 e. The fourth-order valence-corrected chi connectivity index (χ4v) is 2.54. The van der Waals surface area contributed by atoms with Crippen LogP contribution in [0.1, 0.15) is 5.56 Å². The fraction of sp³-hybridized carbons (Fsp3) is 0.250. The lowest BCUT2D eigenvalue weighted by Crippen LogP contribution is -2.44. The Labute approximate surface area is 140 Å². The third kappa shape index (κ3) is 3.73. The van der Waals surface area contributed by atoms with Gasteiger partial charge in [0.1, 0.15) is 5.82 Å². The third-order valence-electron chi connectivity index (χ3n) is 3.83. The lowest BCUT2D eigenvalue weighted by molar-refractivity contribution is 0.580. The van der Waals surface area contributed by atoms with Crippen molar-refractivity contribution in [2.24, 2.45) is 11.6 Å². The second-order valence-corrected chi connectivity index (χ2v) is 5.41. The minimum absolute atomic E-state index is 0.671. The molecule has 0 spiro atoms. The highest BCUT2D eigenvalue weighted by molar-refractivity contribution is 5.66. The standard InChI is InChI=1S/C16H22N8/c17-11-14(23-18)12-1-3-13(4-2-12)21-15-5-6-20-16(22-15)24-9-7-19-8-10-24/h1-6,11,19,23H,7-10,17-18H2,(H,20,21,22)/b14-11-. The molecule has 8 heteroatoms. The highest BCUT2D eigenvalue weighted by Crippen LogP contribution is 2.19. The van der Waals surface area contributed by atoms with Gasteiger partial charge in [-0.1, -0.05) is 12.1 Å². The first-order chi connectivity index (χ1) is 11.8. The average molecular weight is 326 g/mol. The number of nitrogens with one attached hydrogen (secondary N) is 3. The van der Waals surface area contributed by atoms with E-state index in [0.29, 0.717) is 5.70 Å². The molecule has 7 N–H and O–H groups in total. The summed E-state index contributed by atoms with van der Waals surface area (Å²) in [5.74, 6) is 6.94. The zero-order valence-corrected chi connectivity index (χ0v) is 13.4. The Morgan fingerprint density at radius 1 is 1.17 bits per heavy atom. The van der Waals surface area contributed by atoms with Crippen molar-refractivity contribution in [3.05, 3.63) is 48.3 Å². The van der Waals surface area contributed by atoms with Gasteiger partial charge in [0.15, 0.2) is 0 Å². The summed E-state index contributed by atoms with van der Waals surface area (Å²) >= 11 is 0. The summed E-state index contributed by atoms with van der Waals surface area (Å²) in [6, 6.07) is 9.61. The number of anilines is 3. The Balaban J connectivity index is 1.71. The van der Waals surface area contributed by atoms with Crippen LogP contribution in [0.4, 0.5) is 17.5 Å². The molecule has 1 aromatic carbocycles. The van der Waals surface area contributed by atoms with Crippen LogP contribution in [-0.2, 0) is 0 Å². The zero-order chi connectivity index (χ0) is 16.8. The first kappa shape index (κ1) is 16.0. The third-order valence-corrected chi connectivity index (χ3v) is 3.83. The Morgan fingerprint density at radius 3 is 2.58 bits per heavy atom. The number of hydrogen-bond donors (Lipinski definition) is 5. The maximum atomic E-state index is 5.52. The topological polar surface area (TPSA) is 117 Å². The number of rotatable bonds is 5. The van der Waals surface area contributed by atoms with Gasteiger partial charge in [0.2, 0.25) is 5.95 Å². The quantitative estimate of drug-likeness (QED) is 0.395. The smallest absolute Gasteiger partial charge is 0.227 e. The predicted octanol–water partition coefficient (Wildman–Crippen LogP) is 0.350. The molecular formula is C16H22N8. The number of nitrogens with two attached hydrogens (primary N) is 2. The first-order valence-electron chi connectivity index (χ1n) is 7.85. The van der Waals surface area contributed by atoms with E-state index in [0.717, 1.165) is 49.2 Å². The summed E-state index contributed by atoms with van der Waals surface area (Å²) in [6.45, 7) is 3.74. The van der Waals surface area contributed by atoms with Gasteiger partial charge in [-0.05, 0) is 18.2 Å². The van der Waals surface area contributed by atoms with Gasteiger partial charge < -0.3 is 26.7 Å². The molecule has 0 amide bonds. The van der Waals surface area contributed by atoms with Crippen molar-refractivity contribution in [3.8, 4) is 0 Å². The van der Waals surface area contributed by atoms with Gasteiger partial charge in [-0.3, -0.25) is 5.84 Å². The molecule has 1 aromatic heterocycles. The minimum atomic E-state index is 0.671. The number of hydrazine groups is 1. The van der Waals surface area contributed by atoms with E-state index in [4.69, 9.17) is 11.6 Å². The molecule has 0 unspecified atom stereocenters. The van der Waals surface area contributed by atoms with Gasteiger partial charge in [-0.15, -0.1) is 0 Å². The van der Waals surface area contributed by atoms with Crippen molar-refractivity contribution in [3.63, 3.8) is 0 Å². The molecule has 0 radical (unpaired) electrons. The maximum absolute atomic E-state index is 5.52.